The Bertz CT molecular complexity index is 1110. The fourth-order valence-corrected chi connectivity index (χ4v) is 4.50. The molecule has 0 aliphatic rings. The first-order chi connectivity index (χ1) is 13.1. The Balaban J connectivity index is 1.66. The monoisotopic (exact) mass is 443 g/mol. The lowest BCUT2D eigenvalue weighted by Gasteiger charge is -2.11. The van der Waals surface area contributed by atoms with Crippen LogP contribution in [0.2, 0.25) is 0 Å². The smallest absolute Gasteiger partial charge is 0.268 e. The van der Waals surface area contributed by atoms with Gasteiger partial charge in [-0.25, -0.2) is 4.39 Å². The minimum absolute atomic E-state index is 0.212. The summed E-state index contributed by atoms with van der Waals surface area (Å²) < 4.78 is 18.0. The summed E-state index contributed by atoms with van der Waals surface area (Å²) in [5, 5.41) is 2.90. The van der Waals surface area contributed by atoms with Crippen LogP contribution >= 0.6 is 27.3 Å². The molecule has 0 atom stereocenters. The number of rotatable bonds is 5. The number of thiophene rings is 1. The van der Waals surface area contributed by atoms with Gasteiger partial charge in [0.25, 0.3) is 5.91 Å². The number of carbonyl (C=O) groups excluding carboxylic acids is 1. The summed E-state index contributed by atoms with van der Waals surface area (Å²) >= 11 is 5.03. The standard InChI is InChI=1S/C20H15BrFN3OS/c21-19-10-16-18(27-19)9-17(20(26)24-11-14-6-3-4-8-23-14)25(16)12-13-5-1-2-7-15(13)22/h1-10H,11-12H2,(H,24,26). The molecule has 0 unspecified atom stereocenters. The number of halogens is 2. The zero-order valence-electron chi connectivity index (χ0n) is 14.2. The zero-order valence-corrected chi connectivity index (χ0v) is 16.6. The van der Waals surface area contributed by atoms with Crippen LogP contribution in [0.4, 0.5) is 4.39 Å². The van der Waals surface area contributed by atoms with E-state index in [9.17, 15) is 9.18 Å². The van der Waals surface area contributed by atoms with Crippen LogP contribution in [-0.4, -0.2) is 15.5 Å². The Hall–Kier alpha value is -2.51. The summed E-state index contributed by atoms with van der Waals surface area (Å²) in [5.41, 5.74) is 2.72. The number of hydrogen-bond acceptors (Lipinski definition) is 3. The second-order valence-electron chi connectivity index (χ2n) is 6.01. The molecule has 0 spiro atoms. The van der Waals surface area contributed by atoms with E-state index < -0.39 is 0 Å². The molecule has 1 N–H and O–H groups in total. The van der Waals surface area contributed by atoms with Crippen LogP contribution in [0.15, 0.2) is 64.6 Å². The van der Waals surface area contributed by atoms with Gasteiger partial charge in [-0.05, 0) is 46.3 Å². The number of amides is 1. The number of fused-ring (bicyclic) bond motifs is 1. The van der Waals surface area contributed by atoms with Gasteiger partial charge in [0.05, 0.1) is 32.8 Å². The zero-order chi connectivity index (χ0) is 18.8. The number of carbonyl (C=O) groups is 1. The van der Waals surface area contributed by atoms with Crippen molar-refractivity contribution in [3.8, 4) is 0 Å². The van der Waals surface area contributed by atoms with E-state index in [1.54, 1.807) is 35.7 Å². The number of nitrogens with one attached hydrogen (secondary N) is 1. The van der Waals surface area contributed by atoms with Gasteiger partial charge in [0.15, 0.2) is 0 Å². The lowest BCUT2D eigenvalue weighted by atomic mass is 10.2. The number of hydrogen-bond donors (Lipinski definition) is 1. The Kier molecular flexibility index (Phi) is 5.05. The van der Waals surface area contributed by atoms with Crippen molar-refractivity contribution in [1.82, 2.24) is 14.9 Å². The summed E-state index contributed by atoms with van der Waals surface area (Å²) in [5.74, 6) is -0.495. The first-order valence-corrected chi connectivity index (χ1v) is 9.93. The molecule has 136 valence electrons. The third-order valence-electron chi connectivity index (χ3n) is 4.23. The van der Waals surface area contributed by atoms with Gasteiger partial charge >= 0.3 is 0 Å². The molecule has 0 saturated carbocycles. The second-order valence-corrected chi connectivity index (χ2v) is 8.47. The van der Waals surface area contributed by atoms with Crippen molar-refractivity contribution >= 4 is 43.4 Å². The Morgan fingerprint density at radius 1 is 1.19 bits per heavy atom. The van der Waals surface area contributed by atoms with Crippen LogP contribution in [0.3, 0.4) is 0 Å². The minimum atomic E-state index is -0.284. The molecule has 1 amide bonds. The van der Waals surface area contributed by atoms with E-state index in [2.05, 4.69) is 26.2 Å². The second kappa shape index (κ2) is 7.62. The lowest BCUT2D eigenvalue weighted by Crippen LogP contribution is -2.26. The molecular weight excluding hydrogens is 429 g/mol. The Labute approximate surface area is 167 Å². The number of aromatic nitrogens is 2. The van der Waals surface area contributed by atoms with E-state index in [0.717, 1.165) is 19.7 Å². The van der Waals surface area contributed by atoms with Crippen LogP contribution in [0.25, 0.3) is 10.2 Å². The van der Waals surface area contributed by atoms with Crippen molar-refractivity contribution in [2.24, 2.45) is 0 Å². The summed E-state index contributed by atoms with van der Waals surface area (Å²) in [6.45, 7) is 0.619. The first-order valence-electron chi connectivity index (χ1n) is 8.32. The summed E-state index contributed by atoms with van der Waals surface area (Å²) in [6.07, 6.45) is 1.69. The van der Waals surface area contributed by atoms with Crippen molar-refractivity contribution < 1.29 is 9.18 Å². The predicted octanol–water partition coefficient (Wildman–Crippen LogP) is 4.98. The van der Waals surface area contributed by atoms with Gasteiger partial charge in [-0.2, -0.15) is 0 Å². The molecule has 7 heteroatoms. The van der Waals surface area contributed by atoms with Crippen molar-refractivity contribution in [2.45, 2.75) is 13.1 Å². The highest BCUT2D eigenvalue weighted by Crippen LogP contribution is 2.33. The molecule has 4 aromatic rings. The van der Waals surface area contributed by atoms with Crippen molar-refractivity contribution in [3.63, 3.8) is 0 Å². The number of nitrogens with zero attached hydrogens (tertiary/aromatic N) is 2. The first kappa shape index (κ1) is 17.9. The molecule has 4 nitrogen and oxygen atoms in total. The summed E-state index contributed by atoms with van der Waals surface area (Å²) in [7, 11) is 0. The lowest BCUT2D eigenvalue weighted by molar-refractivity contribution is 0.0942. The van der Waals surface area contributed by atoms with Crippen LogP contribution < -0.4 is 5.32 Å². The van der Waals surface area contributed by atoms with Gasteiger partial charge in [0, 0.05) is 11.8 Å². The maximum Gasteiger partial charge on any atom is 0.268 e. The van der Waals surface area contributed by atoms with E-state index in [-0.39, 0.29) is 18.3 Å². The van der Waals surface area contributed by atoms with Crippen LogP contribution in [0, 0.1) is 5.82 Å². The molecular formula is C20H15BrFN3OS. The number of pyridine rings is 1. The molecule has 0 aliphatic carbocycles. The molecule has 4 rings (SSSR count). The molecule has 3 aromatic heterocycles. The van der Waals surface area contributed by atoms with Gasteiger partial charge < -0.3 is 9.88 Å². The molecule has 0 aliphatic heterocycles. The maximum absolute atomic E-state index is 14.2. The van der Waals surface area contributed by atoms with Crippen molar-refractivity contribution in [2.75, 3.05) is 0 Å². The van der Waals surface area contributed by atoms with E-state index >= 15 is 0 Å². The molecule has 1 aromatic carbocycles. The van der Waals surface area contributed by atoms with Gasteiger partial charge in [0.2, 0.25) is 0 Å². The van der Waals surface area contributed by atoms with E-state index in [1.165, 1.54) is 6.07 Å². The quantitative estimate of drug-likeness (QED) is 0.472. The highest BCUT2D eigenvalue weighted by atomic mass is 79.9. The van der Waals surface area contributed by atoms with Gasteiger partial charge in [-0.3, -0.25) is 9.78 Å². The minimum Gasteiger partial charge on any atom is -0.345 e. The average Bonchev–Trinajstić information content (AvgIpc) is 3.19. The van der Waals surface area contributed by atoms with Crippen molar-refractivity contribution in [1.29, 1.82) is 0 Å². The van der Waals surface area contributed by atoms with E-state index in [0.29, 0.717) is 17.8 Å². The summed E-state index contributed by atoms with van der Waals surface area (Å²) in [6, 6.07) is 16.0. The van der Waals surface area contributed by atoms with Gasteiger partial charge in [0.1, 0.15) is 11.5 Å². The fourth-order valence-electron chi connectivity index (χ4n) is 2.93. The van der Waals surface area contributed by atoms with Crippen LogP contribution in [0.5, 0.6) is 0 Å². The highest BCUT2D eigenvalue weighted by Gasteiger charge is 2.18. The molecule has 27 heavy (non-hydrogen) atoms. The molecule has 0 bridgehead atoms. The average molecular weight is 444 g/mol. The van der Waals surface area contributed by atoms with E-state index in [4.69, 9.17) is 0 Å². The maximum atomic E-state index is 14.2. The Morgan fingerprint density at radius 2 is 2.00 bits per heavy atom. The topological polar surface area (TPSA) is 46.9 Å². The van der Waals surface area contributed by atoms with Gasteiger partial charge in [-0.15, -0.1) is 11.3 Å². The molecule has 0 fully saturated rings. The van der Waals surface area contributed by atoms with Crippen LogP contribution in [0.1, 0.15) is 21.7 Å². The van der Waals surface area contributed by atoms with E-state index in [1.807, 2.05) is 34.9 Å². The fraction of sp³-hybridized carbons (Fsp3) is 0.100. The Morgan fingerprint density at radius 3 is 2.78 bits per heavy atom. The largest absolute Gasteiger partial charge is 0.345 e. The van der Waals surface area contributed by atoms with Gasteiger partial charge in [-0.1, -0.05) is 24.3 Å². The number of benzene rings is 1. The summed E-state index contributed by atoms with van der Waals surface area (Å²) in [4.78, 5) is 17.0. The highest BCUT2D eigenvalue weighted by molar-refractivity contribution is 9.11. The predicted molar refractivity (Wildman–Crippen MR) is 108 cm³/mol. The molecule has 0 saturated heterocycles. The van der Waals surface area contributed by atoms with Crippen molar-refractivity contribution in [3.05, 3.63) is 87.3 Å². The van der Waals surface area contributed by atoms with Crippen LogP contribution in [-0.2, 0) is 13.1 Å². The third kappa shape index (κ3) is 3.79. The molecule has 3 heterocycles. The molecule has 0 radical (unpaired) electrons. The third-order valence-corrected chi connectivity index (χ3v) is 5.81. The SMILES string of the molecule is O=C(NCc1ccccn1)c1cc2sc(Br)cc2n1Cc1ccccc1F. The normalized spacial score (nSPS) is 11.0.